The summed E-state index contributed by atoms with van der Waals surface area (Å²) in [7, 11) is 5.63. The number of hydrogen-bond donors (Lipinski definition) is 1. The van der Waals surface area contributed by atoms with Gasteiger partial charge in [0.1, 0.15) is 5.75 Å². The van der Waals surface area contributed by atoms with Gasteiger partial charge in [0.2, 0.25) is 0 Å². The summed E-state index contributed by atoms with van der Waals surface area (Å²) in [6.45, 7) is 8.51. The third-order valence-corrected chi connectivity index (χ3v) is 3.96. The number of guanidine groups is 1. The average molecular weight is 305 g/mol. The fourth-order valence-corrected chi connectivity index (χ4v) is 2.33. The molecule has 0 aliphatic rings. The summed E-state index contributed by atoms with van der Waals surface area (Å²) >= 11 is 0. The Morgan fingerprint density at radius 3 is 2.68 bits per heavy atom. The number of unbranched alkanes of at least 4 members (excludes halogenated alkanes) is 1. The predicted molar refractivity (Wildman–Crippen MR) is 94.9 cm³/mol. The lowest BCUT2D eigenvalue weighted by Crippen LogP contribution is -2.44. The number of benzene rings is 1. The van der Waals surface area contributed by atoms with E-state index in [1.165, 1.54) is 18.4 Å². The van der Waals surface area contributed by atoms with Crippen LogP contribution in [0.3, 0.4) is 0 Å². The monoisotopic (exact) mass is 305 g/mol. The van der Waals surface area contributed by atoms with E-state index in [-0.39, 0.29) is 5.41 Å². The number of nitrogens with one attached hydrogen (secondary N) is 1. The van der Waals surface area contributed by atoms with Crippen LogP contribution in [0, 0.1) is 0 Å². The molecule has 1 aromatic rings. The molecule has 0 aromatic heterocycles. The van der Waals surface area contributed by atoms with Crippen LogP contribution in [0.25, 0.3) is 0 Å². The highest BCUT2D eigenvalue weighted by Crippen LogP contribution is 2.25. The van der Waals surface area contributed by atoms with Crippen LogP contribution in [-0.2, 0) is 5.41 Å². The summed E-state index contributed by atoms with van der Waals surface area (Å²) in [6, 6.07) is 8.27. The second kappa shape index (κ2) is 8.66. The topological polar surface area (TPSA) is 36.9 Å². The molecule has 0 heterocycles. The van der Waals surface area contributed by atoms with E-state index in [0.29, 0.717) is 0 Å². The third kappa shape index (κ3) is 5.24. The molecule has 0 atom stereocenters. The Bertz CT molecular complexity index is 483. The van der Waals surface area contributed by atoms with E-state index in [2.05, 4.69) is 55.2 Å². The minimum absolute atomic E-state index is 0.00389. The Morgan fingerprint density at radius 1 is 1.36 bits per heavy atom. The van der Waals surface area contributed by atoms with E-state index in [4.69, 9.17) is 4.74 Å². The first-order valence-corrected chi connectivity index (χ1v) is 8.01. The zero-order valence-electron chi connectivity index (χ0n) is 14.9. The van der Waals surface area contributed by atoms with E-state index in [0.717, 1.165) is 24.8 Å². The summed E-state index contributed by atoms with van der Waals surface area (Å²) in [6.07, 6.45) is 2.37. The van der Waals surface area contributed by atoms with Crippen LogP contribution in [-0.4, -0.2) is 45.2 Å². The third-order valence-electron chi connectivity index (χ3n) is 3.96. The Kier molecular flexibility index (Phi) is 7.22. The Morgan fingerprint density at radius 2 is 2.09 bits per heavy atom. The van der Waals surface area contributed by atoms with Gasteiger partial charge in [0.15, 0.2) is 5.96 Å². The van der Waals surface area contributed by atoms with E-state index in [9.17, 15) is 0 Å². The molecule has 22 heavy (non-hydrogen) atoms. The molecule has 4 nitrogen and oxygen atoms in total. The van der Waals surface area contributed by atoms with E-state index in [1.807, 2.05) is 19.2 Å². The van der Waals surface area contributed by atoms with Gasteiger partial charge >= 0.3 is 0 Å². The van der Waals surface area contributed by atoms with Crippen LogP contribution in [0.5, 0.6) is 5.75 Å². The zero-order chi connectivity index (χ0) is 16.6. The molecule has 1 rings (SSSR count). The molecule has 0 radical (unpaired) electrons. The van der Waals surface area contributed by atoms with Crippen molar-refractivity contribution >= 4 is 5.96 Å². The molecule has 0 unspecified atom stereocenters. The lowest BCUT2D eigenvalue weighted by molar-refractivity contribution is 0.410. The Balaban J connectivity index is 2.70. The zero-order valence-corrected chi connectivity index (χ0v) is 14.9. The number of rotatable bonds is 7. The molecule has 0 spiro atoms. The standard InChI is InChI=1S/C18H31N3O/c1-7-8-12-21(5)17(19-4)20-14-18(2,3)15-10-9-11-16(13-15)22-6/h9-11,13H,7-8,12,14H2,1-6H3,(H,19,20). The van der Waals surface area contributed by atoms with E-state index < -0.39 is 0 Å². The predicted octanol–water partition coefficient (Wildman–Crippen LogP) is 3.28. The average Bonchev–Trinajstić information content (AvgIpc) is 2.53. The van der Waals surface area contributed by atoms with Gasteiger partial charge in [0.05, 0.1) is 7.11 Å². The summed E-state index contributed by atoms with van der Waals surface area (Å²) in [5.41, 5.74) is 1.25. The van der Waals surface area contributed by atoms with Crippen molar-refractivity contribution in [3.63, 3.8) is 0 Å². The van der Waals surface area contributed by atoms with Crippen LogP contribution in [0.15, 0.2) is 29.3 Å². The molecule has 0 bridgehead atoms. The fourth-order valence-electron chi connectivity index (χ4n) is 2.33. The molecule has 124 valence electrons. The Labute approximate surface area is 135 Å². The molecular weight excluding hydrogens is 274 g/mol. The van der Waals surface area contributed by atoms with Crippen molar-refractivity contribution in [1.29, 1.82) is 0 Å². The molecule has 0 aliphatic carbocycles. The smallest absolute Gasteiger partial charge is 0.193 e. The maximum Gasteiger partial charge on any atom is 0.193 e. The fraction of sp³-hybridized carbons (Fsp3) is 0.611. The summed E-state index contributed by atoms with van der Waals surface area (Å²) < 4.78 is 5.33. The number of aliphatic imine (C=N–C) groups is 1. The molecule has 1 N–H and O–H groups in total. The van der Waals surface area contributed by atoms with Crippen molar-refractivity contribution in [2.45, 2.75) is 39.0 Å². The first-order valence-electron chi connectivity index (χ1n) is 8.01. The second-order valence-electron chi connectivity index (χ2n) is 6.29. The van der Waals surface area contributed by atoms with Gasteiger partial charge in [0, 0.05) is 32.6 Å². The van der Waals surface area contributed by atoms with Crippen molar-refractivity contribution in [1.82, 2.24) is 10.2 Å². The molecule has 0 fully saturated rings. The first kappa shape index (κ1) is 18.3. The molecular formula is C18H31N3O. The lowest BCUT2D eigenvalue weighted by atomic mass is 9.84. The van der Waals surface area contributed by atoms with Gasteiger partial charge in [-0.1, -0.05) is 39.3 Å². The molecule has 1 aromatic carbocycles. The normalized spacial score (nSPS) is 12.2. The molecule has 0 saturated carbocycles. The number of ether oxygens (including phenoxy) is 1. The SMILES string of the molecule is CCCCN(C)C(=NC)NCC(C)(C)c1cccc(OC)c1. The van der Waals surface area contributed by atoms with Crippen molar-refractivity contribution in [3.05, 3.63) is 29.8 Å². The van der Waals surface area contributed by atoms with Gasteiger partial charge in [-0.05, 0) is 24.1 Å². The minimum atomic E-state index is -0.00389. The van der Waals surface area contributed by atoms with Crippen LogP contribution < -0.4 is 10.1 Å². The van der Waals surface area contributed by atoms with Gasteiger partial charge in [-0.15, -0.1) is 0 Å². The molecule has 0 amide bonds. The quantitative estimate of drug-likeness (QED) is 0.620. The maximum absolute atomic E-state index is 5.33. The molecule has 0 saturated heterocycles. The van der Waals surface area contributed by atoms with Crippen LogP contribution in [0.2, 0.25) is 0 Å². The summed E-state index contributed by atoms with van der Waals surface area (Å²) in [4.78, 5) is 6.56. The molecule has 0 aliphatic heterocycles. The summed E-state index contributed by atoms with van der Waals surface area (Å²) in [5.74, 6) is 1.85. The van der Waals surface area contributed by atoms with Gasteiger partial charge in [-0.3, -0.25) is 4.99 Å². The highest BCUT2D eigenvalue weighted by atomic mass is 16.5. The highest BCUT2D eigenvalue weighted by molar-refractivity contribution is 5.79. The van der Waals surface area contributed by atoms with Gasteiger partial charge in [0.25, 0.3) is 0 Å². The number of hydrogen-bond acceptors (Lipinski definition) is 2. The van der Waals surface area contributed by atoms with E-state index in [1.54, 1.807) is 7.11 Å². The number of nitrogens with zero attached hydrogens (tertiary/aromatic N) is 2. The summed E-state index contributed by atoms with van der Waals surface area (Å²) in [5, 5.41) is 3.49. The minimum Gasteiger partial charge on any atom is -0.497 e. The first-order chi connectivity index (χ1) is 10.4. The van der Waals surface area contributed by atoms with Crippen molar-refractivity contribution in [3.8, 4) is 5.75 Å². The van der Waals surface area contributed by atoms with Crippen LogP contribution in [0.1, 0.15) is 39.2 Å². The second-order valence-corrected chi connectivity index (χ2v) is 6.29. The maximum atomic E-state index is 5.33. The van der Waals surface area contributed by atoms with Gasteiger partial charge in [-0.2, -0.15) is 0 Å². The van der Waals surface area contributed by atoms with Gasteiger partial charge < -0.3 is 15.0 Å². The van der Waals surface area contributed by atoms with Crippen molar-refractivity contribution < 1.29 is 4.74 Å². The van der Waals surface area contributed by atoms with Crippen LogP contribution >= 0.6 is 0 Å². The van der Waals surface area contributed by atoms with Gasteiger partial charge in [-0.25, -0.2) is 0 Å². The van der Waals surface area contributed by atoms with Crippen LogP contribution in [0.4, 0.5) is 0 Å². The number of methoxy groups -OCH3 is 1. The lowest BCUT2D eigenvalue weighted by Gasteiger charge is -2.29. The van der Waals surface area contributed by atoms with Crippen molar-refractivity contribution in [2.75, 3.05) is 34.3 Å². The van der Waals surface area contributed by atoms with E-state index >= 15 is 0 Å². The molecule has 4 heteroatoms. The largest absolute Gasteiger partial charge is 0.497 e. The van der Waals surface area contributed by atoms with Crippen molar-refractivity contribution in [2.24, 2.45) is 4.99 Å². The highest BCUT2D eigenvalue weighted by Gasteiger charge is 2.22. The Hall–Kier alpha value is -1.71.